The second kappa shape index (κ2) is 9.32. The lowest BCUT2D eigenvalue weighted by Gasteiger charge is -2.10. The van der Waals surface area contributed by atoms with E-state index in [4.69, 9.17) is 9.72 Å². The van der Waals surface area contributed by atoms with Crippen LogP contribution in [0.4, 0.5) is 5.82 Å². The van der Waals surface area contributed by atoms with Crippen molar-refractivity contribution in [3.8, 4) is 22.5 Å². The molecule has 4 aromatic rings. The third-order valence-electron chi connectivity index (χ3n) is 4.92. The van der Waals surface area contributed by atoms with E-state index in [1.807, 2.05) is 55.6 Å². The van der Waals surface area contributed by atoms with Gasteiger partial charge in [-0.25, -0.2) is 9.97 Å². The summed E-state index contributed by atoms with van der Waals surface area (Å²) in [5, 5.41) is 6.92. The normalized spacial score (nSPS) is 10.8. The highest BCUT2D eigenvalue weighted by Gasteiger charge is 2.11. The number of carbonyl (C=O) groups is 1. The summed E-state index contributed by atoms with van der Waals surface area (Å²) in [6.45, 7) is 0.967. The van der Waals surface area contributed by atoms with Crippen LogP contribution in [0.2, 0.25) is 0 Å². The maximum atomic E-state index is 12.2. The van der Waals surface area contributed by atoms with Crippen molar-refractivity contribution in [1.82, 2.24) is 20.3 Å². The molecule has 2 heterocycles. The van der Waals surface area contributed by atoms with Crippen LogP contribution < -0.4 is 10.6 Å². The summed E-state index contributed by atoms with van der Waals surface area (Å²) >= 11 is 0. The number of fused-ring (bicyclic) bond motifs is 1. The summed E-state index contributed by atoms with van der Waals surface area (Å²) in [6.07, 6.45) is 3.48. The van der Waals surface area contributed by atoms with Gasteiger partial charge in [0.15, 0.2) is 5.82 Å². The number of hydrogen-bond donors (Lipinski definition) is 2. The fourth-order valence-corrected chi connectivity index (χ4v) is 3.31. The van der Waals surface area contributed by atoms with Gasteiger partial charge >= 0.3 is 0 Å². The molecule has 0 aliphatic carbocycles. The minimum absolute atomic E-state index is 0.115. The molecule has 0 spiro atoms. The number of methoxy groups -OCH3 is 1. The van der Waals surface area contributed by atoms with Gasteiger partial charge in [0.05, 0.1) is 12.1 Å². The zero-order chi connectivity index (χ0) is 21.6. The minimum atomic E-state index is -0.115. The highest BCUT2D eigenvalue weighted by molar-refractivity contribution is 5.96. The number of anilines is 1. The highest BCUT2D eigenvalue weighted by Crippen LogP contribution is 2.29. The van der Waals surface area contributed by atoms with Crippen LogP contribution in [0.25, 0.3) is 33.4 Å². The molecule has 1 amide bonds. The molecule has 0 aliphatic heterocycles. The molecular weight excluding hydrogens is 390 g/mol. The Kier molecular flexibility index (Phi) is 6.14. The van der Waals surface area contributed by atoms with Gasteiger partial charge in [0.2, 0.25) is 0 Å². The summed E-state index contributed by atoms with van der Waals surface area (Å²) in [5.74, 6) is 1.26. The van der Waals surface area contributed by atoms with Crippen LogP contribution in [0, 0.1) is 0 Å². The van der Waals surface area contributed by atoms with Crippen molar-refractivity contribution in [1.29, 1.82) is 0 Å². The van der Waals surface area contributed by atoms with Crippen molar-refractivity contribution in [3.05, 3.63) is 72.6 Å². The number of aromatic nitrogens is 3. The van der Waals surface area contributed by atoms with E-state index < -0.39 is 0 Å². The monoisotopic (exact) mass is 413 g/mol. The fourth-order valence-electron chi connectivity index (χ4n) is 3.31. The molecule has 7 nitrogen and oxygen atoms in total. The van der Waals surface area contributed by atoms with Gasteiger partial charge in [-0.15, -0.1) is 0 Å². The Hall–Kier alpha value is -3.84. The molecule has 31 heavy (non-hydrogen) atoms. The second-order valence-corrected chi connectivity index (χ2v) is 6.95. The molecule has 4 rings (SSSR count). The molecule has 7 heteroatoms. The summed E-state index contributed by atoms with van der Waals surface area (Å²) in [7, 11) is 3.45. The van der Waals surface area contributed by atoms with E-state index in [1.165, 1.54) is 0 Å². The first kappa shape index (κ1) is 20.4. The highest BCUT2D eigenvalue weighted by atomic mass is 16.5. The van der Waals surface area contributed by atoms with Gasteiger partial charge in [-0.1, -0.05) is 18.2 Å². The zero-order valence-corrected chi connectivity index (χ0v) is 17.4. The minimum Gasteiger partial charge on any atom is -0.383 e. The van der Waals surface area contributed by atoms with Crippen molar-refractivity contribution in [2.75, 3.05) is 32.6 Å². The lowest BCUT2D eigenvalue weighted by atomic mass is 10.0. The Morgan fingerprint density at radius 2 is 1.81 bits per heavy atom. The lowest BCUT2D eigenvalue weighted by Crippen LogP contribution is -2.26. The second-order valence-electron chi connectivity index (χ2n) is 6.95. The maximum absolute atomic E-state index is 12.2. The van der Waals surface area contributed by atoms with Crippen molar-refractivity contribution in [2.24, 2.45) is 0 Å². The first-order valence-electron chi connectivity index (χ1n) is 9.97. The smallest absolute Gasteiger partial charge is 0.251 e. The summed E-state index contributed by atoms with van der Waals surface area (Å²) in [5.41, 5.74) is 4.35. The topological polar surface area (TPSA) is 89.0 Å². The van der Waals surface area contributed by atoms with E-state index in [0.29, 0.717) is 24.5 Å². The molecule has 2 aromatic heterocycles. The Bertz CT molecular complexity index is 1190. The molecule has 156 valence electrons. The first-order valence-corrected chi connectivity index (χ1v) is 9.97. The molecule has 2 N–H and O–H groups in total. The predicted octanol–water partition coefficient (Wildman–Crippen LogP) is 3.78. The fraction of sp³-hybridized carbons (Fsp3) is 0.167. The number of amides is 1. The molecule has 0 fully saturated rings. The molecule has 0 saturated carbocycles. The number of nitrogens with zero attached hydrogens (tertiary/aromatic N) is 3. The van der Waals surface area contributed by atoms with Crippen LogP contribution in [-0.4, -0.2) is 48.2 Å². The Labute approximate surface area is 180 Å². The van der Waals surface area contributed by atoms with Crippen LogP contribution in [0.1, 0.15) is 10.4 Å². The average molecular weight is 413 g/mol. The first-order chi connectivity index (χ1) is 15.2. The van der Waals surface area contributed by atoms with E-state index in [2.05, 4.69) is 26.7 Å². The van der Waals surface area contributed by atoms with Crippen LogP contribution in [0.15, 0.2) is 67.0 Å². The molecule has 0 aliphatic rings. The van der Waals surface area contributed by atoms with Gasteiger partial charge in [0, 0.05) is 49.6 Å². The Morgan fingerprint density at radius 3 is 2.52 bits per heavy atom. The van der Waals surface area contributed by atoms with Gasteiger partial charge in [-0.05, 0) is 47.5 Å². The van der Waals surface area contributed by atoms with E-state index in [0.717, 1.165) is 33.4 Å². The van der Waals surface area contributed by atoms with E-state index >= 15 is 0 Å². The maximum Gasteiger partial charge on any atom is 0.251 e. The van der Waals surface area contributed by atoms with Crippen LogP contribution in [0.5, 0.6) is 0 Å². The van der Waals surface area contributed by atoms with Gasteiger partial charge in [-0.2, -0.15) is 0 Å². The zero-order valence-electron chi connectivity index (χ0n) is 17.4. The van der Waals surface area contributed by atoms with E-state index in [9.17, 15) is 4.79 Å². The third-order valence-corrected chi connectivity index (χ3v) is 4.92. The molecule has 2 aromatic carbocycles. The van der Waals surface area contributed by atoms with E-state index in [1.54, 1.807) is 19.5 Å². The summed E-state index contributed by atoms with van der Waals surface area (Å²) in [4.78, 5) is 25.7. The number of hydrogen-bond acceptors (Lipinski definition) is 6. The standard InChI is InChI=1S/C24H23N5O2/c1-25-23-20-14-18(16-5-7-17(8-6-16)24(30)27-12-13-31-2)9-10-21(20)28-22(29-23)19-4-3-11-26-15-19/h3-11,14-15H,12-13H2,1-2H3,(H,27,30)(H,25,28,29). The van der Waals surface area contributed by atoms with Crippen molar-refractivity contribution in [3.63, 3.8) is 0 Å². The van der Waals surface area contributed by atoms with Gasteiger partial charge in [-0.3, -0.25) is 9.78 Å². The number of nitrogens with one attached hydrogen (secondary N) is 2. The van der Waals surface area contributed by atoms with Gasteiger partial charge in [0.1, 0.15) is 5.82 Å². The van der Waals surface area contributed by atoms with Crippen molar-refractivity contribution < 1.29 is 9.53 Å². The average Bonchev–Trinajstić information content (AvgIpc) is 2.83. The third kappa shape index (κ3) is 4.51. The van der Waals surface area contributed by atoms with Crippen molar-refractivity contribution in [2.45, 2.75) is 0 Å². The number of rotatable bonds is 7. The van der Waals surface area contributed by atoms with Gasteiger partial charge < -0.3 is 15.4 Å². The Morgan fingerprint density at radius 1 is 1.00 bits per heavy atom. The molecule has 0 radical (unpaired) electrons. The largest absolute Gasteiger partial charge is 0.383 e. The molecule has 0 bridgehead atoms. The van der Waals surface area contributed by atoms with Crippen LogP contribution >= 0.6 is 0 Å². The quantitative estimate of drug-likeness (QED) is 0.448. The van der Waals surface area contributed by atoms with Crippen LogP contribution in [0.3, 0.4) is 0 Å². The van der Waals surface area contributed by atoms with Crippen molar-refractivity contribution >= 4 is 22.6 Å². The molecule has 0 unspecified atom stereocenters. The predicted molar refractivity (Wildman–Crippen MR) is 122 cm³/mol. The molecule has 0 saturated heterocycles. The SMILES string of the molecule is CNc1nc(-c2cccnc2)nc2ccc(-c3ccc(C(=O)NCCOC)cc3)cc12. The number of benzene rings is 2. The lowest BCUT2D eigenvalue weighted by molar-refractivity contribution is 0.0937. The van der Waals surface area contributed by atoms with Gasteiger partial charge in [0.25, 0.3) is 5.91 Å². The molecule has 0 atom stereocenters. The summed E-state index contributed by atoms with van der Waals surface area (Å²) in [6, 6.07) is 17.4. The molecular formula is C24H23N5O2. The Balaban J connectivity index is 1.64. The van der Waals surface area contributed by atoms with E-state index in [-0.39, 0.29) is 5.91 Å². The van der Waals surface area contributed by atoms with Crippen LogP contribution in [-0.2, 0) is 4.74 Å². The number of carbonyl (C=O) groups excluding carboxylic acids is 1. The summed E-state index contributed by atoms with van der Waals surface area (Å²) < 4.78 is 4.96. The number of ether oxygens (including phenoxy) is 1. The number of pyridine rings is 1.